The molecule has 7 nitrogen and oxygen atoms in total. The van der Waals surface area contributed by atoms with Crippen LogP contribution >= 0.6 is 0 Å². The Hall–Kier alpha value is -3.71. The van der Waals surface area contributed by atoms with Crippen molar-refractivity contribution >= 4 is 26.6 Å². The molecule has 1 aliphatic rings. The fourth-order valence-corrected chi connectivity index (χ4v) is 5.97. The highest BCUT2D eigenvalue weighted by molar-refractivity contribution is 7.88. The summed E-state index contributed by atoms with van der Waals surface area (Å²) in [6.45, 7) is 2.50. The third-order valence-corrected chi connectivity index (χ3v) is 8.37. The molecule has 0 saturated carbocycles. The van der Waals surface area contributed by atoms with Crippen molar-refractivity contribution in [2.24, 2.45) is 0 Å². The first-order valence-corrected chi connectivity index (χ1v) is 14.1. The first kappa shape index (κ1) is 27.8. The van der Waals surface area contributed by atoms with Gasteiger partial charge in [0.25, 0.3) is 0 Å². The molecule has 1 atom stereocenters. The van der Waals surface area contributed by atoms with Crippen LogP contribution in [-0.2, 0) is 22.6 Å². The number of anilines is 1. The third-order valence-electron chi connectivity index (χ3n) is 7.10. The van der Waals surface area contributed by atoms with Crippen LogP contribution in [0.1, 0.15) is 16.8 Å². The normalized spacial score (nSPS) is 17.1. The van der Waals surface area contributed by atoms with E-state index in [4.69, 9.17) is 0 Å². The van der Waals surface area contributed by atoms with Gasteiger partial charge in [0.1, 0.15) is 5.69 Å². The van der Waals surface area contributed by atoms with Crippen molar-refractivity contribution < 1.29 is 35.5 Å². The van der Waals surface area contributed by atoms with Gasteiger partial charge in [-0.3, -0.25) is 0 Å². The highest BCUT2D eigenvalue weighted by Gasteiger charge is 2.38. The van der Waals surface area contributed by atoms with Gasteiger partial charge in [0, 0.05) is 36.7 Å². The zero-order valence-corrected chi connectivity index (χ0v) is 22.3. The number of hydrogen-bond donors (Lipinski definition) is 1. The van der Waals surface area contributed by atoms with Gasteiger partial charge in [0.2, 0.25) is 10.0 Å². The van der Waals surface area contributed by atoms with E-state index in [0.717, 1.165) is 15.9 Å². The summed E-state index contributed by atoms with van der Waals surface area (Å²) >= 11 is 0. The summed E-state index contributed by atoms with van der Waals surface area (Å²) in [5, 5.41) is 14.5. The lowest BCUT2D eigenvalue weighted by Gasteiger charge is -2.42. The number of aromatic nitrogens is 2. The van der Waals surface area contributed by atoms with Crippen molar-refractivity contribution in [3.8, 4) is 11.4 Å². The van der Waals surface area contributed by atoms with E-state index in [0.29, 0.717) is 24.0 Å². The first-order valence-electron chi connectivity index (χ1n) is 12.3. The molecule has 1 aromatic heterocycles. The van der Waals surface area contributed by atoms with E-state index < -0.39 is 44.8 Å². The van der Waals surface area contributed by atoms with Crippen molar-refractivity contribution in [3.63, 3.8) is 0 Å². The van der Waals surface area contributed by atoms with Gasteiger partial charge in [-0.05, 0) is 43.2 Å². The van der Waals surface area contributed by atoms with Gasteiger partial charge in [-0.2, -0.15) is 22.6 Å². The van der Waals surface area contributed by atoms with Crippen molar-refractivity contribution in [1.29, 1.82) is 0 Å². The van der Waals surface area contributed by atoms with E-state index in [2.05, 4.69) is 10.00 Å². The van der Waals surface area contributed by atoms with Crippen molar-refractivity contribution in [3.05, 3.63) is 83.1 Å². The maximum absolute atomic E-state index is 14.8. The number of alkyl halides is 3. The fourth-order valence-electron chi connectivity index (χ4n) is 5.12. The molecule has 1 aliphatic heterocycles. The summed E-state index contributed by atoms with van der Waals surface area (Å²) in [4.78, 5) is 2.07. The quantitative estimate of drug-likeness (QED) is 0.335. The van der Waals surface area contributed by atoms with Crippen LogP contribution in [0.3, 0.4) is 0 Å². The van der Waals surface area contributed by atoms with E-state index in [1.807, 2.05) is 30.3 Å². The Labute approximate surface area is 227 Å². The highest BCUT2D eigenvalue weighted by Crippen LogP contribution is 2.39. The monoisotopic (exact) mass is 580 g/mol. The molecule has 0 spiro atoms. The van der Waals surface area contributed by atoms with Crippen LogP contribution in [-0.4, -0.2) is 59.5 Å². The standard InChI is InChI=1S/C27H25F5N4O3S/c1-16-20-13-18(35-11-10-34(40(2,38)39)15-19(35)12-17-6-4-3-5-7-17)8-9-22(20)36(33-16)23-14-21(27(30,31)32)24(28)26(37)25(23)29/h3-9,13-14,19,37H,10-12,15H2,1-2H3/t19-/m1/s1. The molecule has 13 heteroatoms. The Morgan fingerprint density at radius 1 is 1.02 bits per heavy atom. The van der Waals surface area contributed by atoms with Crippen molar-refractivity contribution in [2.45, 2.75) is 25.6 Å². The second kappa shape index (κ2) is 10.0. The highest BCUT2D eigenvalue weighted by atomic mass is 32.2. The summed E-state index contributed by atoms with van der Waals surface area (Å²) in [6, 6.07) is 14.7. The van der Waals surface area contributed by atoms with E-state index in [9.17, 15) is 35.5 Å². The fraction of sp³-hybridized carbons (Fsp3) is 0.296. The third kappa shape index (κ3) is 5.10. The predicted octanol–water partition coefficient (Wildman–Crippen LogP) is 5.03. The average Bonchev–Trinajstić information content (AvgIpc) is 3.22. The topological polar surface area (TPSA) is 78.7 Å². The molecule has 0 radical (unpaired) electrons. The van der Waals surface area contributed by atoms with Crippen LogP contribution in [0, 0.1) is 18.6 Å². The number of sulfonamides is 1. The Morgan fingerprint density at radius 3 is 2.38 bits per heavy atom. The summed E-state index contributed by atoms with van der Waals surface area (Å²) in [6.07, 6.45) is -3.44. The Morgan fingerprint density at radius 2 is 1.73 bits per heavy atom. The van der Waals surface area contributed by atoms with Crippen LogP contribution in [0.4, 0.5) is 27.6 Å². The average molecular weight is 581 g/mol. The van der Waals surface area contributed by atoms with Gasteiger partial charge >= 0.3 is 6.18 Å². The summed E-state index contributed by atoms with van der Waals surface area (Å²) < 4.78 is 95.9. The van der Waals surface area contributed by atoms with Crippen LogP contribution in [0.15, 0.2) is 54.6 Å². The van der Waals surface area contributed by atoms with Gasteiger partial charge in [-0.25, -0.2) is 21.9 Å². The van der Waals surface area contributed by atoms with E-state index >= 15 is 0 Å². The smallest absolute Gasteiger partial charge is 0.419 e. The predicted molar refractivity (Wildman–Crippen MR) is 140 cm³/mol. The van der Waals surface area contributed by atoms with Gasteiger partial charge in [-0.15, -0.1) is 0 Å². The minimum atomic E-state index is -5.17. The molecule has 0 unspecified atom stereocenters. The maximum Gasteiger partial charge on any atom is 0.419 e. The lowest BCUT2D eigenvalue weighted by Crippen LogP contribution is -2.55. The molecule has 0 bridgehead atoms. The van der Waals surface area contributed by atoms with Gasteiger partial charge in [-0.1, -0.05) is 30.3 Å². The van der Waals surface area contributed by atoms with Crippen molar-refractivity contribution in [2.75, 3.05) is 30.8 Å². The second-order valence-electron chi connectivity index (χ2n) is 9.77. The van der Waals surface area contributed by atoms with Crippen molar-refractivity contribution in [1.82, 2.24) is 14.1 Å². The zero-order chi connectivity index (χ0) is 29.0. The number of aryl methyl sites for hydroxylation is 1. The molecule has 1 N–H and O–H groups in total. The molecule has 1 saturated heterocycles. The summed E-state index contributed by atoms with van der Waals surface area (Å²) in [5.74, 6) is -5.41. The SMILES string of the molecule is Cc1nn(-c2cc(C(F)(F)F)c(F)c(O)c2F)c2ccc(N3CCN(S(C)(=O)=O)C[C@H]3Cc3ccccc3)cc12. The summed E-state index contributed by atoms with van der Waals surface area (Å²) in [5.41, 5.74) is -0.211. The Balaban J connectivity index is 1.57. The number of aromatic hydroxyl groups is 1. The number of rotatable bonds is 5. The van der Waals surface area contributed by atoms with Gasteiger partial charge in [0.05, 0.1) is 23.0 Å². The number of fused-ring (bicyclic) bond motifs is 1. The molecule has 4 aromatic rings. The molecule has 212 valence electrons. The maximum atomic E-state index is 14.8. The van der Waals surface area contributed by atoms with Crippen LogP contribution in [0.5, 0.6) is 5.75 Å². The minimum absolute atomic E-state index is 0.223. The van der Waals surface area contributed by atoms with Crippen LogP contribution in [0.2, 0.25) is 0 Å². The van der Waals surface area contributed by atoms with Crippen LogP contribution < -0.4 is 4.90 Å². The van der Waals surface area contributed by atoms with E-state index in [1.54, 1.807) is 25.1 Å². The van der Waals surface area contributed by atoms with Gasteiger partial charge in [0.15, 0.2) is 17.4 Å². The number of nitrogens with zero attached hydrogens (tertiary/aromatic N) is 4. The Bertz CT molecular complexity index is 1690. The number of phenols is 1. The molecular weight excluding hydrogens is 555 g/mol. The number of phenolic OH excluding ortho intramolecular Hbond substituents is 1. The molecule has 3 aromatic carbocycles. The number of piperazine rings is 1. The minimum Gasteiger partial charge on any atom is -0.503 e. The molecular formula is C27H25F5N4O3S. The van der Waals surface area contributed by atoms with Crippen LogP contribution in [0.25, 0.3) is 16.6 Å². The van der Waals surface area contributed by atoms with E-state index in [1.165, 1.54) is 10.6 Å². The molecule has 5 rings (SSSR count). The molecule has 0 amide bonds. The molecule has 2 heterocycles. The molecule has 40 heavy (non-hydrogen) atoms. The lowest BCUT2D eigenvalue weighted by atomic mass is 10.0. The number of halogens is 5. The first-order chi connectivity index (χ1) is 18.8. The molecule has 0 aliphatic carbocycles. The molecule has 1 fully saturated rings. The lowest BCUT2D eigenvalue weighted by molar-refractivity contribution is -0.140. The van der Waals surface area contributed by atoms with E-state index in [-0.39, 0.29) is 30.7 Å². The number of benzene rings is 3. The summed E-state index contributed by atoms with van der Waals surface area (Å²) in [7, 11) is -3.42. The Kier molecular flexibility index (Phi) is 6.99. The van der Waals surface area contributed by atoms with Gasteiger partial charge < -0.3 is 10.0 Å². The second-order valence-corrected chi connectivity index (χ2v) is 11.8. The largest absolute Gasteiger partial charge is 0.503 e. The zero-order valence-electron chi connectivity index (χ0n) is 21.5. The number of hydrogen-bond acceptors (Lipinski definition) is 5.